The predicted octanol–water partition coefficient (Wildman–Crippen LogP) is 2.75. The summed E-state index contributed by atoms with van der Waals surface area (Å²) in [6, 6.07) is 7.42. The fraction of sp³-hybridized carbons (Fsp3) is 0.333. The number of benzene rings is 1. The van der Waals surface area contributed by atoms with Gasteiger partial charge >= 0.3 is 0 Å². The monoisotopic (exact) mass is 409 g/mol. The van der Waals surface area contributed by atoms with E-state index in [1.165, 1.54) is 0 Å². The summed E-state index contributed by atoms with van der Waals surface area (Å²) >= 11 is 0. The minimum atomic E-state index is 0.0121. The molecule has 1 aromatic heterocycles. The van der Waals surface area contributed by atoms with Crippen molar-refractivity contribution in [2.24, 2.45) is 10.7 Å². The molecule has 9 heteroatoms. The molecule has 0 unspecified atom stereocenters. The van der Waals surface area contributed by atoms with E-state index in [4.69, 9.17) is 15.5 Å². The van der Waals surface area contributed by atoms with Crippen molar-refractivity contribution in [1.82, 2.24) is 14.9 Å². The fourth-order valence-corrected chi connectivity index (χ4v) is 3.20. The molecule has 9 nitrogen and oxygen atoms in total. The number of likely N-dealkylation sites (tertiary alicyclic amines) is 1. The maximum atomic E-state index is 11.8. The van der Waals surface area contributed by atoms with Crippen LogP contribution >= 0.6 is 0 Å². The second-order valence-electron chi connectivity index (χ2n) is 6.92. The molecular formula is C21H27N7O2. The second kappa shape index (κ2) is 9.25. The van der Waals surface area contributed by atoms with Gasteiger partial charge < -0.3 is 26.0 Å². The molecule has 1 aliphatic rings. The highest BCUT2D eigenvalue weighted by molar-refractivity contribution is 6.05. The van der Waals surface area contributed by atoms with E-state index in [1.54, 1.807) is 25.1 Å². The first kappa shape index (κ1) is 21.1. The van der Waals surface area contributed by atoms with Gasteiger partial charge in [0.05, 0.1) is 19.4 Å². The first-order valence-corrected chi connectivity index (χ1v) is 9.66. The molecule has 0 aliphatic carbocycles. The molecule has 2 aromatic rings. The van der Waals surface area contributed by atoms with Crippen molar-refractivity contribution in [3.63, 3.8) is 0 Å². The van der Waals surface area contributed by atoms with Gasteiger partial charge in [-0.25, -0.2) is 9.98 Å². The molecule has 2 heterocycles. The highest BCUT2D eigenvalue weighted by Crippen LogP contribution is 2.33. The number of amides is 1. The number of aliphatic imine (C=N–C) groups is 1. The highest BCUT2D eigenvalue weighted by Gasteiger charge is 2.22. The minimum Gasteiger partial charge on any atom is -0.494 e. The van der Waals surface area contributed by atoms with Gasteiger partial charge in [0.1, 0.15) is 17.3 Å². The Bertz CT molecular complexity index is 1000. The van der Waals surface area contributed by atoms with Gasteiger partial charge in [-0.1, -0.05) is 0 Å². The highest BCUT2D eigenvalue weighted by atomic mass is 16.5. The molecule has 0 bridgehead atoms. The van der Waals surface area contributed by atoms with Crippen molar-refractivity contribution >= 4 is 34.8 Å². The van der Waals surface area contributed by atoms with Crippen LogP contribution in [0.15, 0.2) is 41.0 Å². The normalized spacial score (nSPS) is 16.6. The number of methoxy groups -OCH3 is 1. The zero-order valence-electron chi connectivity index (χ0n) is 17.7. The number of carbonyl (C=O) groups excluding carboxylic acids is 1. The van der Waals surface area contributed by atoms with Gasteiger partial charge in [-0.15, -0.1) is 0 Å². The van der Waals surface area contributed by atoms with Crippen LogP contribution in [0.25, 0.3) is 0 Å². The van der Waals surface area contributed by atoms with Gasteiger partial charge in [0.25, 0.3) is 0 Å². The molecule has 0 spiro atoms. The van der Waals surface area contributed by atoms with E-state index in [0.29, 0.717) is 36.9 Å². The van der Waals surface area contributed by atoms with Crippen molar-refractivity contribution in [2.45, 2.75) is 20.3 Å². The Morgan fingerprint density at radius 3 is 2.80 bits per heavy atom. The number of anilines is 3. The van der Waals surface area contributed by atoms with E-state index in [-0.39, 0.29) is 5.91 Å². The quantitative estimate of drug-likeness (QED) is 0.695. The number of ether oxygens (including phenoxy) is 1. The first-order valence-electron chi connectivity index (χ1n) is 9.66. The smallest absolute Gasteiger partial charge is 0.229 e. The van der Waals surface area contributed by atoms with Crippen molar-refractivity contribution in [3.05, 3.63) is 41.7 Å². The van der Waals surface area contributed by atoms with Crippen LogP contribution < -0.4 is 21.1 Å². The number of aryl methyl sites for hydroxylation is 1. The summed E-state index contributed by atoms with van der Waals surface area (Å²) in [6.45, 7) is 4.51. The van der Waals surface area contributed by atoms with E-state index in [1.807, 2.05) is 38.2 Å². The SMILES string of the molecule is CNc1cc(C)nc(Nc2ccc(OC)c(N=C3CN(C(C)=O)CCC3=CN)c2)n1. The summed E-state index contributed by atoms with van der Waals surface area (Å²) in [5, 5.41) is 6.23. The molecule has 1 saturated heterocycles. The Balaban J connectivity index is 1.95. The average molecular weight is 409 g/mol. The number of carbonyl (C=O) groups is 1. The number of nitrogens with one attached hydrogen (secondary N) is 2. The maximum absolute atomic E-state index is 11.8. The Kier molecular flexibility index (Phi) is 6.51. The van der Waals surface area contributed by atoms with Crippen LogP contribution in [0.1, 0.15) is 19.0 Å². The molecular weight excluding hydrogens is 382 g/mol. The summed E-state index contributed by atoms with van der Waals surface area (Å²) in [4.78, 5) is 27.2. The number of hydrogen-bond donors (Lipinski definition) is 3. The summed E-state index contributed by atoms with van der Waals surface area (Å²) in [5.74, 6) is 1.83. The lowest BCUT2D eigenvalue weighted by Gasteiger charge is -2.28. The zero-order valence-corrected chi connectivity index (χ0v) is 17.7. The number of rotatable bonds is 5. The number of hydrogen-bond acceptors (Lipinski definition) is 8. The maximum Gasteiger partial charge on any atom is 0.229 e. The third-order valence-corrected chi connectivity index (χ3v) is 4.81. The summed E-state index contributed by atoms with van der Waals surface area (Å²) in [7, 11) is 3.40. The molecule has 0 atom stereocenters. The van der Waals surface area contributed by atoms with Gasteiger partial charge in [-0.2, -0.15) is 4.98 Å². The molecule has 3 rings (SSSR count). The van der Waals surface area contributed by atoms with Crippen molar-refractivity contribution in [3.8, 4) is 5.75 Å². The van der Waals surface area contributed by atoms with E-state index in [2.05, 4.69) is 20.6 Å². The van der Waals surface area contributed by atoms with Crippen molar-refractivity contribution in [2.75, 3.05) is 37.9 Å². The lowest BCUT2D eigenvalue weighted by molar-refractivity contribution is -0.128. The largest absolute Gasteiger partial charge is 0.494 e. The second-order valence-corrected chi connectivity index (χ2v) is 6.92. The van der Waals surface area contributed by atoms with Gasteiger partial charge in [0.2, 0.25) is 11.9 Å². The predicted molar refractivity (Wildman–Crippen MR) is 119 cm³/mol. The summed E-state index contributed by atoms with van der Waals surface area (Å²) in [6.07, 6.45) is 2.23. The lowest BCUT2D eigenvalue weighted by atomic mass is 10.0. The molecule has 30 heavy (non-hydrogen) atoms. The molecule has 158 valence electrons. The van der Waals surface area contributed by atoms with Crippen LogP contribution in [0.5, 0.6) is 5.75 Å². The number of nitrogens with two attached hydrogens (primary N) is 1. The molecule has 1 fully saturated rings. The summed E-state index contributed by atoms with van der Waals surface area (Å²) < 4.78 is 5.48. The fourth-order valence-electron chi connectivity index (χ4n) is 3.20. The van der Waals surface area contributed by atoms with Gasteiger partial charge in [-0.3, -0.25) is 4.79 Å². The molecule has 1 aliphatic heterocycles. The molecule has 4 N–H and O–H groups in total. The Morgan fingerprint density at radius 1 is 1.33 bits per heavy atom. The van der Waals surface area contributed by atoms with Crippen LogP contribution in [-0.4, -0.2) is 53.7 Å². The van der Waals surface area contributed by atoms with E-state index in [0.717, 1.165) is 28.5 Å². The Morgan fingerprint density at radius 2 is 2.13 bits per heavy atom. The number of nitrogens with zero attached hydrogens (tertiary/aromatic N) is 4. The lowest BCUT2D eigenvalue weighted by Crippen LogP contribution is -2.40. The topological polar surface area (TPSA) is 118 Å². The van der Waals surface area contributed by atoms with Gasteiger partial charge in [0, 0.05) is 38.0 Å². The van der Waals surface area contributed by atoms with E-state index < -0.39 is 0 Å². The molecule has 1 amide bonds. The standard InChI is InChI=1S/C21H27N7O2/c1-13-9-20(23-3)27-21(24-13)25-16-5-6-19(30-4)17(10-16)26-18-12-28(14(2)29)8-7-15(18)11-22/h5-6,9-11H,7-8,12,22H2,1-4H3,(H2,23,24,25,27). The summed E-state index contributed by atoms with van der Waals surface area (Å²) in [5.41, 5.74) is 9.71. The van der Waals surface area contributed by atoms with Crippen molar-refractivity contribution in [1.29, 1.82) is 0 Å². The van der Waals surface area contributed by atoms with Crippen LogP contribution in [0.2, 0.25) is 0 Å². The Labute approximate surface area is 176 Å². The minimum absolute atomic E-state index is 0.0121. The van der Waals surface area contributed by atoms with E-state index >= 15 is 0 Å². The van der Waals surface area contributed by atoms with Crippen molar-refractivity contribution < 1.29 is 9.53 Å². The van der Waals surface area contributed by atoms with Crippen LogP contribution in [-0.2, 0) is 4.79 Å². The molecule has 0 saturated carbocycles. The molecule has 1 aromatic carbocycles. The van der Waals surface area contributed by atoms with Crippen LogP contribution in [0.4, 0.5) is 23.1 Å². The van der Waals surface area contributed by atoms with Gasteiger partial charge in [0.15, 0.2) is 0 Å². The van der Waals surface area contributed by atoms with Crippen LogP contribution in [0, 0.1) is 6.92 Å². The molecule has 0 radical (unpaired) electrons. The first-order chi connectivity index (χ1) is 14.4. The third-order valence-electron chi connectivity index (χ3n) is 4.81. The zero-order chi connectivity index (χ0) is 21.7. The third kappa shape index (κ3) is 4.86. The Hall–Kier alpha value is -3.62. The number of piperidine rings is 1. The van der Waals surface area contributed by atoms with Gasteiger partial charge in [-0.05, 0) is 43.3 Å². The van der Waals surface area contributed by atoms with Crippen LogP contribution in [0.3, 0.4) is 0 Å². The average Bonchev–Trinajstić information content (AvgIpc) is 2.73. The number of aromatic nitrogens is 2. The van der Waals surface area contributed by atoms with E-state index in [9.17, 15) is 4.79 Å².